The topological polar surface area (TPSA) is 35.2 Å². The van der Waals surface area contributed by atoms with Crippen LogP contribution in [-0.4, -0.2) is 13.2 Å². The Morgan fingerprint density at radius 3 is 2.35 bits per heavy atom. The lowest BCUT2D eigenvalue weighted by Crippen LogP contribution is -2.16. The maximum atomic E-state index is 5.90. The molecule has 1 atom stereocenters. The molecule has 0 aromatic heterocycles. The molecule has 20 heavy (non-hydrogen) atoms. The molecule has 2 aromatic rings. The van der Waals surface area contributed by atoms with Gasteiger partial charge in [-0.1, -0.05) is 58.4 Å². The molecule has 2 rings (SSSR count). The number of nitrogens with two attached hydrogens (primary N) is 1. The zero-order chi connectivity index (χ0) is 14.2. The molecule has 2 nitrogen and oxygen atoms in total. The first kappa shape index (κ1) is 15.2. The molecular formula is C17H20BrNO. The number of rotatable bonds is 7. The van der Waals surface area contributed by atoms with Crippen LogP contribution < -0.4 is 5.73 Å². The molecule has 0 aliphatic rings. The summed E-state index contributed by atoms with van der Waals surface area (Å²) in [6, 6.07) is 18.6. The fourth-order valence-corrected chi connectivity index (χ4v) is 2.39. The smallest absolute Gasteiger partial charge is 0.0947 e. The van der Waals surface area contributed by atoms with E-state index in [9.17, 15) is 0 Å². The summed E-state index contributed by atoms with van der Waals surface area (Å²) in [7, 11) is 0. The molecule has 1 unspecified atom stereocenters. The van der Waals surface area contributed by atoms with Crippen LogP contribution in [0.25, 0.3) is 0 Å². The van der Waals surface area contributed by atoms with Gasteiger partial charge in [-0.2, -0.15) is 0 Å². The molecule has 0 bridgehead atoms. The van der Waals surface area contributed by atoms with Gasteiger partial charge in [0.15, 0.2) is 0 Å². The fourth-order valence-electron chi connectivity index (χ4n) is 2.12. The first-order valence-electron chi connectivity index (χ1n) is 6.90. The van der Waals surface area contributed by atoms with Crippen LogP contribution in [0, 0.1) is 0 Å². The van der Waals surface area contributed by atoms with Gasteiger partial charge >= 0.3 is 0 Å². The van der Waals surface area contributed by atoms with Gasteiger partial charge < -0.3 is 10.5 Å². The molecule has 0 fully saturated rings. The Labute approximate surface area is 129 Å². The average Bonchev–Trinajstić information content (AvgIpc) is 2.50. The second-order valence-corrected chi connectivity index (χ2v) is 5.65. The highest BCUT2D eigenvalue weighted by atomic mass is 79.9. The predicted molar refractivity (Wildman–Crippen MR) is 86.7 cm³/mol. The summed E-state index contributed by atoms with van der Waals surface area (Å²) in [5.74, 6) is 0. The second-order valence-electron chi connectivity index (χ2n) is 4.74. The zero-order valence-corrected chi connectivity index (χ0v) is 13.1. The van der Waals surface area contributed by atoms with E-state index in [2.05, 4.69) is 52.3 Å². The lowest BCUT2D eigenvalue weighted by atomic mass is 10.1. The van der Waals surface area contributed by atoms with Gasteiger partial charge in [-0.15, -0.1) is 0 Å². The Morgan fingerprint density at radius 1 is 1.00 bits per heavy atom. The van der Waals surface area contributed by atoms with Gasteiger partial charge in [-0.3, -0.25) is 0 Å². The first-order chi connectivity index (χ1) is 9.79. The monoisotopic (exact) mass is 333 g/mol. The Kier molecular flexibility index (Phi) is 6.25. The molecule has 2 N–H and O–H groups in total. The minimum atomic E-state index is -0.0149. The summed E-state index contributed by atoms with van der Waals surface area (Å²) in [5.41, 5.74) is 8.29. The van der Waals surface area contributed by atoms with Gasteiger partial charge in [0, 0.05) is 17.6 Å². The van der Waals surface area contributed by atoms with Crippen molar-refractivity contribution in [1.82, 2.24) is 0 Å². The van der Waals surface area contributed by atoms with Crippen LogP contribution >= 0.6 is 15.9 Å². The van der Waals surface area contributed by atoms with E-state index in [1.54, 1.807) is 0 Å². The number of aryl methyl sites for hydroxylation is 1. The Balaban J connectivity index is 1.78. The minimum absolute atomic E-state index is 0.0149. The first-order valence-corrected chi connectivity index (χ1v) is 7.70. The summed E-state index contributed by atoms with van der Waals surface area (Å²) in [6.45, 7) is 1.24. The van der Waals surface area contributed by atoms with E-state index in [-0.39, 0.29) is 6.10 Å². The second kappa shape index (κ2) is 8.20. The normalized spacial score (nSPS) is 12.3. The quantitative estimate of drug-likeness (QED) is 0.774. The molecule has 106 valence electrons. The number of benzene rings is 2. The molecular weight excluding hydrogens is 314 g/mol. The maximum Gasteiger partial charge on any atom is 0.0947 e. The van der Waals surface area contributed by atoms with Crippen molar-refractivity contribution in [3.05, 3.63) is 70.2 Å². The molecule has 0 spiro atoms. The highest BCUT2D eigenvalue weighted by molar-refractivity contribution is 9.10. The Bertz CT molecular complexity index is 498. The van der Waals surface area contributed by atoms with Crippen LogP contribution in [0.1, 0.15) is 23.7 Å². The number of hydrogen-bond donors (Lipinski definition) is 1. The highest BCUT2D eigenvalue weighted by Gasteiger charge is 2.09. The molecule has 0 heterocycles. The van der Waals surface area contributed by atoms with E-state index in [0.29, 0.717) is 6.54 Å². The van der Waals surface area contributed by atoms with E-state index in [4.69, 9.17) is 10.5 Å². The molecule has 2 aromatic carbocycles. The molecule has 0 amide bonds. The third kappa shape index (κ3) is 4.75. The van der Waals surface area contributed by atoms with Crippen LogP contribution in [0.2, 0.25) is 0 Å². The summed E-state index contributed by atoms with van der Waals surface area (Å²) < 4.78 is 6.97. The molecule has 0 saturated carbocycles. The van der Waals surface area contributed by atoms with E-state index in [1.807, 2.05) is 18.2 Å². The molecule has 0 saturated heterocycles. The SMILES string of the molecule is NCC(OCCCc1ccccc1)c1ccc(Br)cc1. The number of hydrogen-bond acceptors (Lipinski definition) is 2. The minimum Gasteiger partial charge on any atom is -0.372 e. The molecule has 0 aliphatic heterocycles. The Hall–Kier alpha value is -1.16. The Morgan fingerprint density at radius 2 is 1.70 bits per heavy atom. The summed E-state index contributed by atoms with van der Waals surface area (Å²) in [5, 5.41) is 0. The van der Waals surface area contributed by atoms with Gasteiger partial charge in [0.25, 0.3) is 0 Å². The zero-order valence-electron chi connectivity index (χ0n) is 11.5. The van der Waals surface area contributed by atoms with Gasteiger partial charge in [0.1, 0.15) is 0 Å². The van der Waals surface area contributed by atoms with Crippen LogP contribution in [-0.2, 0) is 11.2 Å². The van der Waals surface area contributed by atoms with E-state index in [1.165, 1.54) is 5.56 Å². The summed E-state index contributed by atoms with van der Waals surface area (Å²) >= 11 is 3.43. The highest BCUT2D eigenvalue weighted by Crippen LogP contribution is 2.19. The average molecular weight is 334 g/mol. The lowest BCUT2D eigenvalue weighted by Gasteiger charge is -2.16. The van der Waals surface area contributed by atoms with E-state index >= 15 is 0 Å². The molecule has 3 heteroatoms. The van der Waals surface area contributed by atoms with Crippen LogP contribution in [0.15, 0.2) is 59.1 Å². The third-order valence-electron chi connectivity index (χ3n) is 3.23. The van der Waals surface area contributed by atoms with E-state index in [0.717, 1.165) is 29.5 Å². The molecule has 0 aliphatic carbocycles. The van der Waals surface area contributed by atoms with Crippen molar-refractivity contribution in [3.8, 4) is 0 Å². The van der Waals surface area contributed by atoms with Crippen molar-refractivity contribution in [1.29, 1.82) is 0 Å². The van der Waals surface area contributed by atoms with E-state index < -0.39 is 0 Å². The lowest BCUT2D eigenvalue weighted by molar-refractivity contribution is 0.0571. The molecule has 0 radical (unpaired) electrons. The van der Waals surface area contributed by atoms with Crippen LogP contribution in [0.5, 0.6) is 0 Å². The van der Waals surface area contributed by atoms with Crippen molar-refractivity contribution < 1.29 is 4.74 Å². The van der Waals surface area contributed by atoms with Crippen molar-refractivity contribution >= 4 is 15.9 Å². The van der Waals surface area contributed by atoms with Crippen molar-refractivity contribution in [2.75, 3.05) is 13.2 Å². The fraction of sp³-hybridized carbons (Fsp3) is 0.294. The van der Waals surface area contributed by atoms with Crippen LogP contribution in [0.4, 0.5) is 0 Å². The predicted octanol–water partition coefficient (Wildman–Crippen LogP) is 4.10. The van der Waals surface area contributed by atoms with Gasteiger partial charge in [-0.05, 0) is 36.1 Å². The van der Waals surface area contributed by atoms with Gasteiger partial charge in [0.2, 0.25) is 0 Å². The summed E-state index contributed by atoms with van der Waals surface area (Å²) in [4.78, 5) is 0. The van der Waals surface area contributed by atoms with Gasteiger partial charge in [-0.25, -0.2) is 0 Å². The van der Waals surface area contributed by atoms with Crippen molar-refractivity contribution in [3.63, 3.8) is 0 Å². The third-order valence-corrected chi connectivity index (χ3v) is 3.76. The van der Waals surface area contributed by atoms with Crippen LogP contribution in [0.3, 0.4) is 0 Å². The number of halogens is 1. The van der Waals surface area contributed by atoms with Crippen molar-refractivity contribution in [2.45, 2.75) is 18.9 Å². The maximum absolute atomic E-state index is 5.90. The standard InChI is InChI=1S/C17H20BrNO/c18-16-10-8-15(9-11-16)17(13-19)20-12-4-7-14-5-2-1-3-6-14/h1-3,5-6,8-11,17H,4,7,12-13,19H2. The van der Waals surface area contributed by atoms with Crippen molar-refractivity contribution in [2.24, 2.45) is 5.73 Å². The number of ether oxygens (including phenoxy) is 1. The van der Waals surface area contributed by atoms with Gasteiger partial charge in [0.05, 0.1) is 6.10 Å². The largest absolute Gasteiger partial charge is 0.372 e. The summed E-state index contributed by atoms with van der Waals surface area (Å²) in [6.07, 6.45) is 2.04.